The number of hydrogen-bond donors (Lipinski definition) is 2. The van der Waals surface area contributed by atoms with Gasteiger partial charge in [0.05, 0.1) is 6.10 Å². The van der Waals surface area contributed by atoms with Gasteiger partial charge in [-0.2, -0.15) is 0 Å². The zero-order chi connectivity index (χ0) is 12.1. The maximum atomic E-state index is 9.63. The van der Waals surface area contributed by atoms with E-state index in [1.807, 2.05) is 19.0 Å². The highest BCUT2D eigenvalue weighted by molar-refractivity contribution is 4.73. The van der Waals surface area contributed by atoms with Crippen LogP contribution in [0.25, 0.3) is 0 Å². The quantitative estimate of drug-likeness (QED) is 0.700. The maximum absolute atomic E-state index is 9.63. The van der Waals surface area contributed by atoms with E-state index in [4.69, 9.17) is 0 Å². The molecule has 0 rings (SSSR count). The van der Waals surface area contributed by atoms with Gasteiger partial charge in [-0.3, -0.25) is 0 Å². The summed E-state index contributed by atoms with van der Waals surface area (Å²) in [6.07, 6.45) is -0.271. The van der Waals surface area contributed by atoms with Crippen LogP contribution in [-0.2, 0) is 0 Å². The average molecular weight is 216 g/mol. The third kappa shape index (κ3) is 7.77. The van der Waals surface area contributed by atoms with Crippen LogP contribution in [0.1, 0.15) is 27.7 Å². The predicted molar refractivity (Wildman–Crippen MR) is 66.0 cm³/mol. The van der Waals surface area contributed by atoms with E-state index in [2.05, 4.69) is 33.0 Å². The molecule has 0 amide bonds. The summed E-state index contributed by atoms with van der Waals surface area (Å²) in [5, 5.41) is 13.0. The summed E-state index contributed by atoms with van der Waals surface area (Å²) in [4.78, 5) is 2.00. The first-order valence-corrected chi connectivity index (χ1v) is 5.77. The highest BCUT2D eigenvalue weighted by atomic mass is 16.3. The molecule has 0 aliphatic heterocycles. The average Bonchev–Trinajstić information content (AvgIpc) is 2.00. The van der Waals surface area contributed by atoms with Crippen LogP contribution in [0.4, 0.5) is 0 Å². The Bertz CT molecular complexity index is 163. The molecule has 0 fully saturated rings. The Kier molecular flexibility index (Phi) is 6.41. The Morgan fingerprint density at radius 3 is 2.13 bits per heavy atom. The van der Waals surface area contributed by atoms with Crippen molar-refractivity contribution in [2.45, 2.75) is 33.8 Å². The van der Waals surface area contributed by atoms with Crippen molar-refractivity contribution in [3.05, 3.63) is 0 Å². The van der Waals surface area contributed by atoms with Crippen LogP contribution in [0.3, 0.4) is 0 Å². The molecule has 0 bridgehead atoms. The van der Waals surface area contributed by atoms with E-state index < -0.39 is 0 Å². The van der Waals surface area contributed by atoms with E-state index in [9.17, 15) is 5.11 Å². The Morgan fingerprint density at radius 2 is 1.73 bits per heavy atom. The summed E-state index contributed by atoms with van der Waals surface area (Å²) in [5.41, 5.74) is 0.333. The number of aliphatic hydroxyl groups excluding tert-OH is 1. The predicted octanol–water partition coefficient (Wildman–Crippen LogP) is 1.18. The van der Waals surface area contributed by atoms with Crippen molar-refractivity contribution in [3.63, 3.8) is 0 Å². The molecular weight excluding hydrogens is 188 g/mol. The highest BCUT2D eigenvalue weighted by Gasteiger charge is 2.19. The lowest BCUT2D eigenvalue weighted by atomic mass is 9.82. The largest absolute Gasteiger partial charge is 0.390 e. The summed E-state index contributed by atoms with van der Waals surface area (Å²) in [5.74, 6) is 0.615. The van der Waals surface area contributed by atoms with Gasteiger partial charge in [0.15, 0.2) is 0 Å². The molecule has 0 saturated heterocycles. The lowest BCUT2D eigenvalue weighted by molar-refractivity contribution is 0.130. The van der Waals surface area contributed by atoms with Crippen LogP contribution in [0.2, 0.25) is 0 Å². The van der Waals surface area contributed by atoms with Crippen molar-refractivity contribution in [2.24, 2.45) is 11.3 Å². The molecule has 2 N–H and O–H groups in total. The molecule has 0 saturated carbocycles. The summed E-state index contributed by atoms with van der Waals surface area (Å²) < 4.78 is 0. The Labute approximate surface area is 94.9 Å². The van der Waals surface area contributed by atoms with Gasteiger partial charge in [-0.25, -0.2) is 0 Å². The SMILES string of the molecule is CC(CNCC(O)CN(C)C)C(C)(C)C. The van der Waals surface area contributed by atoms with E-state index >= 15 is 0 Å². The molecule has 3 nitrogen and oxygen atoms in total. The van der Waals surface area contributed by atoms with Crippen molar-refractivity contribution in [3.8, 4) is 0 Å². The third-order valence-corrected chi connectivity index (χ3v) is 2.88. The number of nitrogens with zero attached hydrogens (tertiary/aromatic N) is 1. The Hall–Kier alpha value is -0.120. The van der Waals surface area contributed by atoms with Crippen LogP contribution in [-0.4, -0.2) is 49.8 Å². The second-order valence-corrected chi connectivity index (χ2v) is 5.84. The Morgan fingerprint density at radius 1 is 1.20 bits per heavy atom. The molecular formula is C12H28N2O. The third-order valence-electron chi connectivity index (χ3n) is 2.88. The first-order valence-electron chi connectivity index (χ1n) is 5.77. The minimum Gasteiger partial charge on any atom is -0.390 e. The first kappa shape index (κ1) is 14.9. The molecule has 2 atom stereocenters. The lowest BCUT2D eigenvalue weighted by Gasteiger charge is -2.28. The monoisotopic (exact) mass is 216 g/mol. The molecule has 92 valence electrons. The number of nitrogens with one attached hydrogen (secondary N) is 1. The minimum absolute atomic E-state index is 0.271. The van der Waals surface area contributed by atoms with Gasteiger partial charge in [0.25, 0.3) is 0 Å². The topological polar surface area (TPSA) is 35.5 Å². The second-order valence-electron chi connectivity index (χ2n) is 5.84. The fraction of sp³-hybridized carbons (Fsp3) is 1.00. The Balaban J connectivity index is 3.62. The van der Waals surface area contributed by atoms with Gasteiger partial charge >= 0.3 is 0 Å². The van der Waals surface area contributed by atoms with Crippen molar-refractivity contribution in [1.82, 2.24) is 10.2 Å². The summed E-state index contributed by atoms with van der Waals surface area (Å²) in [6.45, 7) is 11.3. The number of aliphatic hydroxyl groups is 1. The smallest absolute Gasteiger partial charge is 0.0791 e. The molecule has 0 aromatic heterocycles. The van der Waals surface area contributed by atoms with Gasteiger partial charge < -0.3 is 15.3 Å². The van der Waals surface area contributed by atoms with Gasteiger partial charge in [0.2, 0.25) is 0 Å². The van der Waals surface area contributed by atoms with Crippen molar-refractivity contribution in [2.75, 3.05) is 33.7 Å². The molecule has 3 heteroatoms. The number of hydrogen-bond acceptors (Lipinski definition) is 3. The van der Waals surface area contributed by atoms with E-state index in [1.54, 1.807) is 0 Å². The fourth-order valence-electron chi connectivity index (χ4n) is 1.26. The molecule has 2 unspecified atom stereocenters. The van der Waals surface area contributed by atoms with Crippen molar-refractivity contribution in [1.29, 1.82) is 0 Å². The molecule has 0 aliphatic carbocycles. The zero-order valence-corrected chi connectivity index (χ0v) is 11.2. The van der Waals surface area contributed by atoms with Gasteiger partial charge in [0, 0.05) is 13.1 Å². The van der Waals surface area contributed by atoms with E-state index in [0.717, 1.165) is 13.1 Å². The summed E-state index contributed by atoms with van der Waals surface area (Å²) in [7, 11) is 3.95. The van der Waals surface area contributed by atoms with Crippen LogP contribution in [0.5, 0.6) is 0 Å². The van der Waals surface area contributed by atoms with Gasteiger partial charge in [-0.1, -0.05) is 27.7 Å². The van der Waals surface area contributed by atoms with E-state index in [0.29, 0.717) is 17.9 Å². The van der Waals surface area contributed by atoms with Gasteiger partial charge in [0.1, 0.15) is 0 Å². The molecule has 0 radical (unpaired) electrons. The van der Waals surface area contributed by atoms with E-state index in [1.165, 1.54) is 0 Å². The lowest BCUT2D eigenvalue weighted by Crippen LogP contribution is -2.38. The molecule has 15 heavy (non-hydrogen) atoms. The van der Waals surface area contributed by atoms with Crippen molar-refractivity contribution >= 4 is 0 Å². The fourth-order valence-corrected chi connectivity index (χ4v) is 1.26. The molecule has 0 spiro atoms. The van der Waals surface area contributed by atoms with Crippen LogP contribution >= 0.6 is 0 Å². The summed E-state index contributed by atoms with van der Waals surface area (Å²) >= 11 is 0. The van der Waals surface area contributed by atoms with Crippen LogP contribution in [0.15, 0.2) is 0 Å². The van der Waals surface area contributed by atoms with E-state index in [-0.39, 0.29) is 6.10 Å². The zero-order valence-electron chi connectivity index (χ0n) is 11.2. The minimum atomic E-state index is -0.271. The van der Waals surface area contributed by atoms with Crippen molar-refractivity contribution < 1.29 is 5.11 Å². The highest BCUT2D eigenvalue weighted by Crippen LogP contribution is 2.24. The molecule has 0 aliphatic rings. The van der Waals surface area contributed by atoms with Gasteiger partial charge in [-0.15, -0.1) is 0 Å². The standard InChI is InChI=1S/C12H28N2O/c1-10(12(2,3)4)7-13-8-11(15)9-14(5)6/h10-11,13,15H,7-9H2,1-6H3. The maximum Gasteiger partial charge on any atom is 0.0791 e. The number of likely N-dealkylation sites (N-methyl/N-ethyl adjacent to an activating group) is 1. The normalized spacial score (nSPS) is 16.8. The summed E-state index contributed by atoms with van der Waals surface area (Å²) in [6, 6.07) is 0. The van der Waals surface area contributed by atoms with Crippen LogP contribution in [0, 0.1) is 11.3 Å². The molecule has 0 heterocycles. The molecule has 0 aromatic carbocycles. The molecule has 0 aromatic rings. The van der Waals surface area contributed by atoms with Crippen LogP contribution < -0.4 is 5.32 Å². The second kappa shape index (κ2) is 6.46. The van der Waals surface area contributed by atoms with Gasteiger partial charge in [-0.05, 0) is 32.0 Å². The number of rotatable bonds is 6. The first-order chi connectivity index (χ1) is 6.73.